The van der Waals surface area contributed by atoms with Gasteiger partial charge < -0.3 is 19.5 Å². The molecular weight excluding hydrogens is 470 g/mol. The molecule has 1 unspecified atom stereocenters. The number of nitro groups is 1. The Labute approximate surface area is 202 Å². The molecule has 0 radical (unpaired) electrons. The number of benzene rings is 1. The smallest absolute Gasteiger partial charge is 0.324 e. The van der Waals surface area contributed by atoms with Gasteiger partial charge in [0.2, 0.25) is 0 Å². The number of nitrogens with zero attached hydrogens (tertiary/aromatic N) is 2. The summed E-state index contributed by atoms with van der Waals surface area (Å²) in [7, 11) is 2.10. The highest BCUT2D eigenvalue weighted by molar-refractivity contribution is 6.32. The highest BCUT2D eigenvalue weighted by Gasteiger charge is 2.39. The van der Waals surface area contributed by atoms with Crippen molar-refractivity contribution in [3.05, 3.63) is 38.4 Å². The second-order valence-electron chi connectivity index (χ2n) is 8.81. The first-order valence-corrected chi connectivity index (χ1v) is 11.1. The van der Waals surface area contributed by atoms with Crippen molar-refractivity contribution in [2.24, 2.45) is 0 Å². The molecule has 1 aromatic carbocycles. The molecule has 1 aliphatic heterocycles. The average molecular weight is 500 g/mol. The molecular formula is C22H30ClN3O8. The maximum Gasteiger partial charge on any atom is 0.324 e. The van der Waals surface area contributed by atoms with Gasteiger partial charge in [-0.2, -0.15) is 0 Å². The molecule has 11 nitrogen and oxygen atoms in total. The Morgan fingerprint density at radius 2 is 1.65 bits per heavy atom. The normalized spacial score (nSPS) is 15.5. The average Bonchev–Trinajstić information content (AvgIpc) is 2.77. The van der Waals surface area contributed by atoms with Crippen molar-refractivity contribution in [3.63, 3.8) is 0 Å². The number of halogens is 1. The van der Waals surface area contributed by atoms with Gasteiger partial charge >= 0.3 is 17.9 Å². The lowest BCUT2D eigenvalue weighted by atomic mass is 9.90. The van der Waals surface area contributed by atoms with Gasteiger partial charge in [-0.1, -0.05) is 11.6 Å². The van der Waals surface area contributed by atoms with Gasteiger partial charge in [-0.15, -0.1) is 0 Å². The lowest BCUT2D eigenvalue weighted by Gasteiger charge is -2.32. The SMILES string of the molecule is COC(=O)C(C(=O)OC)c1cc(C(CN2CCNCC2)C(=O)OC(C)(C)C)c(Cl)cc1[N+](=O)[O-]. The summed E-state index contributed by atoms with van der Waals surface area (Å²) in [5.74, 6) is -5.33. The van der Waals surface area contributed by atoms with Gasteiger partial charge in [0.05, 0.1) is 35.6 Å². The largest absolute Gasteiger partial charge is 0.468 e. The molecule has 1 heterocycles. The van der Waals surface area contributed by atoms with E-state index in [1.165, 1.54) is 6.07 Å². The number of carbonyl (C=O) groups excluding carboxylic acids is 3. The fraction of sp³-hybridized carbons (Fsp3) is 0.591. The number of nitrogens with one attached hydrogen (secondary N) is 1. The molecule has 0 aromatic heterocycles. The zero-order chi connectivity index (χ0) is 25.6. The molecule has 1 N–H and O–H groups in total. The summed E-state index contributed by atoms with van der Waals surface area (Å²) in [5.41, 5.74) is -1.44. The topological polar surface area (TPSA) is 137 Å². The van der Waals surface area contributed by atoms with Crippen molar-refractivity contribution in [3.8, 4) is 0 Å². The van der Waals surface area contributed by atoms with E-state index in [1.54, 1.807) is 20.8 Å². The standard InChI is InChI=1S/C22H30ClN3O8/c1-22(2,3)34-19(27)15(12-25-8-6-24-7-9-25)13-10-14(17(26(30)31)11-16(13)23)18(20(28)32-4)21(29)33-5/h10-11,15,18,24H,6-9,12H2,1-5H3. The Morgan fingerprint density at radius 3 is 2.12 bits per heavy atom. The van der Waals surface area contributed by atoms with Crippen molar-refractivity contribution in [1.29, 1.82) is 0 Å². The number of hydrogen-bond donors (Lipinski definition) is 1. The van der Waals surface area contributed by atoms with Gasteiger partial charge in [0, 0.05) is 38.8 Å². The summed E-state index contributed by atoms with van der Waals surface area (Å²) < 4.78 is 15.0. The molecule has 34 heavy (non-hydrogen) atoms. The summed E-state index contributed by atoms with van der Waals surface area (Å²) in [5, 5.41) is 14.9. The first kappa shape index (κ1) is 27.5. The summed E-state index contributed by atoms with van der Waals surface area (Å²) in [6.07, 6.45) is 0. The van der Waals surface area contributed by atoms with E-state index in [-0.39, 0.29) is 22.7 Å². The van der Waals surface area contributed by atoms with Crippen molar-refractivity contribution in [2.45, 2.75) is 38.2 Å². The van der Waals surface area contributed by atoms with Crippen molar-refractivity contribution >= 4 is 35.2 Å². The summed E-state index contributed by atoms with van der Waals surface area (Å²) in [6.45, 7) is 8.20. The number of methoxy groups -OCH3 is 2. The minimum absolute atomic E-state index is 0.0603. The van der Waals surface area contributed by atoms with Crippen LogP contribution < -0.4 is 5.32 Å². The molecule has 188 valence electrons. The molecule has 2 rings (SSSR count). The Hall–Kier alpha value is -2.76. The van der Waals surface area contributed by atoms with Gasteiger partial charge in [0.1, 0.15) is 5.60 Å². The van der Waals surface area contributed by atoms with E-state index >= 15 is 0 Å². The predicted octanol–water partition coefficient (Wildman–Crippen LogP) is 2.01. The Morgan fingerprint density at radius 1 is 1.09 bits per heavy atom. The molecule has 0 bridgehead atoms. The Balaban J connectivity index is 2.67. The third-order valence-corrected chi connectivity index (χ3v) is 5.57. The van der Waals surface area contributed by atoms with E-state index in [0.717, 1.165) is 33.4 Å². The molecule has 1 atom stereocenters. The number of rotatable bonds is 8. The Bertz CT molecular complexity index is 925. The van der Waals surface area contributed by atoms with Crippen LogP contribution >= 0.6 is 11.6 Å². The van der Waals surface area contributed by atoms with E-state index in [1.807, 2.05) is 4.90 Å². The second kappa shape index (κ2) is 11.6. The molecule has 1 saturated heterocycles. The predicted molar refractivity (Wildman–Crippen MR) is 123 cm³/mol. The summed E-state index contributed by atoms with van der Waals surface area (Å²) >= 11 is 6.43. The maximum absolute atomic E-state index is 13.2. The third kappa shape index (κ3) is 6.87. The first-order chi connectivity index (χ1) is 15.9. The number of nitro benzene ring substituents is 1. The molecule has 0 spiro atoms. The number of ether oxygens (including phenoxy) is 3. The number of esters is 3. The van der Waals surface area contributed by atoms with E-state index in [2.05, 4.69) is 14.8 Å². The maximum atomic E-state index is 13.2. The van der Waals surface area contributed by atoms with Crippen molar-refractivity contribution in [2.75, 3.05) is 46.9 Å². The van der Waals surface area contributed by atoms with Crippen LogP contribution in [0, 0.1) is 10.1 Å². The monoisotopic (exact) mass is 499 g/mol. The van der Waals surface area contributed by atoms with Gasteiger partial charge in [0.25, 0.3) is 5.69 Å². The van der Waals surface area contributed by atoms with Crippen molar-refractivity contribution < 1.29 is 33.5 Å². The zero-order valence-electron chi connectivity index (χ0n) is 19.9. The lowest BCUT2D eigenvalue weighted by Crippen LogP contribution is -2.46. The van der Waals surface area contributed by atoms with Gasteiger partial charge in [-0.25, -0.2) is 0 Å². The van der Waals surface area contributed by atoms with Crippen LogP contribution in [0.3, 0.4) is 0 Å². The van der Waals surface area contributed by atoms with Crippen LogP contribution in [0.5, 0.6) is 0 Å². The van der Waals surface area contributed by atoms with E-state index in [9.17, 15) is 24.5 Å². The molecule has 1 aliphatic rings. The van der Waals surface area contributed by atoms with E-state index in [4.69, 9.17) is 16.3 Å². The molecule has 0 amide bonds. The van der Waals surface area contributed by atoms with Crippen LogP contribution in [0.15, 0.2) is 12.1 Å². The lowest BCUT2D eigenvalue weighted by molar-refractivity contribution is -0.385. The molecule has 1 fully saturated rings. The highest BCUT2D eigenvalue weighted by atomic mass is 35.5. The third-order valence-electron chi connectivity index (χ3n) is 5.24. The zero-order valence-corrected chi connectivity index (χ0v) is 20.6. The van der Waals surface area contributed by atoms with E-state index < -0.39 is 46.0 Å². The van der Waals surface area contributed by atoms with Crippen molar-refractivity contribution in [1.82, 2.24) is 10.2 Å². The first-order valence-electron chi connectivity index (χ1n) is 10.7. The quantitative estimate of drug-likeness (QED) is 0.186. The van der Waals surface area contributed by atoms with E-state index in [0.29, 0.717) is 13.1 Å². The van der Waals surface area contributed by atoms with Gasteiger partial charge in [0.15, 0.2) is 5.92 Å². The van der Waals surface area contributed by atoms with Crippen LogP contribution in [0.25, 0.3) is 0 Å². The number of hydrogen-bond acceptors (Lipinski definition) is 10. The van der Waals surface area contributed by atoms with Crippen LogP contribution in [0.2, 0.25) is 5.02 Å². The fourth-order valence-corrected chi connectivity index (χ4v) is 3.95. The molecule has 0 saturated carbocycles. The minimum atomic E-state index is -1.73. The molecule has 1 aromatic rings. The molecule has 12 heteroatoms. The minimum Gasteiger partial charge on any atom is -0.468 e. The second-order valence-corrected chi connectivity index (χ2v) is 9.21. The number of carbonyl (C=O) groups is 3. The van der Waals surface area contributed by atoms with Crippen LogP contribution in [0.4, 0.5) is 5.69 Å². The molecule has 0 aliphatic carbocycles. The van der Waals surface area contributed by atoms with Crippen LogP contribution in [-0.2, 0) is 28.6 Å². The number of piperazine rings is 1. The van der Waals surface area contributed by atoms with Crippen LogP contribution in [0.1, 0.15) is 43.7 Å². The van der Waals surface area contributed by atoms with Gasteiger partial charge in [-0.05, 0) is 32.4 Å². The fourth-order valence-electron chi connectivity index (χ4n) is 3.66. The summed E-state index contributed by atoms with van der Waals surface area (Å²) in [6, 6.07) is 2.26. The Kier molecular flexibility index (Phi) is 9.37. The van der Waals surface area contributed by atoms with Crippen LogP contribution in [-0.4, -0.2) is 80.3 Å². The van der Waals surface area contributed by atoms with Gasteiger partial charge in [-0.3, -0.25) is 29.4 Å². The highest BCUT2D eigenvalue weighted by Crippen LogP contribution is 2.38. The summed E-state index contributed by atoms with van der Waals surface area (Å²) in [4.78, 5) is 51.1.